The largest absolute Gasteiger partial charge is 0.389 e. The Morgan fingerprint density at radius 1 is 1.09 bits per heavy atom. The van der Waals surface area contributed by atoms with Gasteiger partial charge in [-0.05, 0) is 61.3 Å². The van der Waals surface area contributed by atoms with E-state index < -0.39 is 22.4 Å². The van der Waals surface area contributed by atoms with Gasteiger partial charge in [-0.3, -0.25) is 4.99 Å². The zero-order valence-electron chi connectivity index (χ0n) is 20.3. The fourth-order valence-corrected chi connectivity index (χ4v) is 6.89. The molecule has 1 heterocycles. The number of halogens is 3. The minimum atomic E-state index is -4.12. The predicted molar refractivity (Wildman–Crippen MR) is 130 cm³/mol. The maximum atomic E-state index is 13.2. The van der Waals surface area contributed by atoms with Gasteiger partial charge in [-0.1, -0.05) is 44.9 Å². The van der Waals surface area contributed by atoms with Gasteiger partial charge >= 0.3 is 6.18 Å². The molecule has 0 spiro atoms. The molecule has 0 radical (unpaired) electrons. The zero-order chi connectivity index (χ0) is 25.6. The second kappa shape index (κ2) is 9.24. The van der Waals surface area contributed by atoms with E-state index in [0.29, 0.717) is 36.9 Å². The van der Waals surface area contributed by atoms with Gasteiger partial charge in [0, 0.05) is 29.0 Å². The third-order valence-electron chi connectivity index (χ3n) is 7.22. The summed E-state index contributed by atoms with van der Waals surface area (Å²) in [4.78, 5) is 5.14. The molecule has 0 N–H and O–H groups in total. The van der Waals surface area contributed by atoms with E-state index in [0.717, 1.165) is 16.8 Å². The van der Waals surface area contributed by atoms with Crippen molar-refractivity contribution in [3.8, 4) is 6.07 Å². The molecule has 3 aliphatic rings. The van der Waals surface area contributed by atoms with Crippen molar-refractivity contribution in [3.63, 3.8) is 0 Å². The molecule has 1 aliphatic heterocycles. The Balaban J connectivity index is 1.55. The molecule has 0 bridgehead atoms. The number of unbranched alkanes of at least 4 members (excludes halogenated alkanes) is 1. The highest BCUT2D eigenvalue weighted by Gasteiger charge is 2.57. The molecule has 0 amide bonds. The number of benzene rings is 1. The number of aliphatic imine (C=N–C) groups is 1. The number of hydrogen-bond donors (Lipinski definition) is 0. The SMILES string of the molecule is CC(C)(C)C1=Nc2cc(S(=O)(=O)CC3=CC=C(C#N)CC3)ccc2C2C(CCCCC(F)(F)F)C12. The Labute approximate surface area is 205 Å². The molecule has 1 fully saturated rings. The van der Waals surface area contributed by atoms with E-state index in [1.165, 1.54) is 0 Å². The summed E-state index contributed by atoms with van der Waals surface area (Å²) in [6, 6.07) is 7.25. The molecule has 4 nitrogen and oxygen atoms in total. The predicted octanol–water partition coefficient (Wildman–Crippen LogP) is 7.21. The first-order valence-electron chi connectivity index (χ1n) is 12.1. The lowest BCUT2D eigenvalue weighted by atomic mass is 9.84. The number of allylic oxidation sites excluding steroid dienone is 3. The second-order valence-corrected chi connectivity index (χ2v) is 12.9. The fourth-order valence-electron chi connectivity index (χ4n) is 5.42. The van der Waals surface area contributed by atoms with Crippen LogP contribution >= 0.6 is 0 Å². The Kier molecular flexibility index (Phi) is 6.78. The topological polar surface area (TPSA) is 70.3 Å². The van der Waals surface area contributed by atoms with Gasteiger partial charge in [0.05, 0.1) is 22.4 Å². The number of nitriles is 1. The number of rotatable bonds is 7. The summed E-state index contributed by atoms with van der Waals surface area (Å²) in [7, 11) is -3.58. The van der Waals surface area contributed by atoms with Crippen LogP contribution in [-0.2, 0) is 9.84 Å². The Morgan fingerprint density at radius 3 is 2.43 bits per heavy atom. The lowest BCUT2D eigenvalue weighted by molar-refractivity contribution is -0.135. The summed E-state index contributed by atoms with van der Waals surface area (Å²) in [6.45, 7) is 6.23. The minimum absolute atomic E-state index is 0.0925. The summed E-state index contributed by atoms with van der Waals surface area (Å²) in [5, 5.41) is 8.99. The van der Waals surface area contributed by atoms with E-state index in [1.807, 2.05) is 6.07 Å². The lowest BCUT2D eigenvalue weighted by Crippen LogP contribution is -2.25. The summed E-state index contributed by atoms with van der Waals surface area (Å²) in [5.41, 5.74) is 3.89. The average Bonchev–Trinajstić information content (AvgIpc) is 3.49. The van der Waals surface area contributed by atoms with Gasteiger partial charge in [0.25, 0.3) is 0 Å². The van der Waals surface area contributed by atoms with Crippen LogP contribution in [0.25, 0.3) is 0 Å². The smallest absolute Gasteiger partial charge is 0.257 e. The van der Waals surface area contributed by atoms with Crippen molar-refractivity contribution in [2.24, 2.45) is 22.2 Å². The van der Waals surface area contributed by atoms with Gasteiger partial charge in [-0.15, -0.1) is 0 Å². The van der Waals surface area contributed by atoms with Crippen LogP contribution in [0.3, 0.4) is 0 Å². The van der Waals surface area contributed by atoms with E-state index in [2.05, 4.69) is 26.8 Å². The third-order valence-corrected chi connectivity index (χ3v) is 8.94. The average molecular weight is 505 g/mol. The summed E-state index contributed by atoms with van der Waals surface area (Å²) in [6.07, 6.45) is 1.01. The van der Waals surface area contributed by atoms with Gasteiger partial charge in [0.1, 0.15) is 0 Å². The van der Waals surface area contributed by atoms with Crippen LogP contribution in [0.5, 0.6) is 0 Å². The first kappa shape index (κ1) is 25.7. The van der Waals surface area contributed by atoms with Crippen LogP contribution in [0, 0.1) is 28.6 Å². The van der Waals surface area contributed by atoms with Crippen LogP contribution in [0.1, 0.15) is 70.8 Å². The molecule has 0 aromatic heterocycles. The van der Waals surface area contributed by atoms with E-state index >= 15 is 0 Å². The van der Waals surface area contributed by atoms with Crippen molar-refractivity contribution >= 4 is 21.2 Å². The van der Waals surface area contributed by atoms with Gasteiger partial charge in [-0.25, -0.2) is 8.42 Å². The Bertz CT molecular complexity index is 1240. The molecule has 0 saturated heterocycles. The highest BCUT2D eigenvalue weighted by atomic mass is 32.2. The van der Waals surface area contributed by atoms with Crippen LogP contribution in [0.15, 0.2) is 51.4 Å². The summed E-state index contributed by atoms with van der Waals surface area (Å²) < 4.78 is 63.9. The molecular weight excluding hydrogens is 473 g/mol. The van der Waals surface area contributed by atoms with Crippen LogP contribution in [0.4, 0.5) is 18.9 Å². The first-order valence-corrected chi connectivity index (χ1v) is 13.8. The quantitative estimate of drug-likeness (QED) is 0.368. The summed E-state index contributed by atoms with van der Waals surface area (Å²) in [5.74, 6) is 0.558. The molecule has 35 heavy (non-hydrogen) atoms. The number of nitrogens with zero attached hydrogens (tertiary/aromatic N) is 2. The fraction of sp³-hybridized carbons (Fsp3) is 0.556. The number of hydrogen-bond acceptors (Lipinski definition) is 4. The van der Waals surface area contributed by atoms with E-state index in [1.54, 1.807) is 24.3 Å². The van der Waals surface area contributed by atoms with E-state index in [-0.39, 0.29) is 40.2 Å². The summed E-state index contributed by atoms with van der Waals surface area (Å²) >= 11 is 0. The van der Waals surface area contributed by atoms with E-state index in [9.17, 15) is 21.6 Å². The molecule has 2 aliphatic carbocycles. The van der Waals surface area contributed by atoms with E-state index in [4.69, 9.17) is 10.3 Å². The monoisotopic (exact) mass is 504 g/mol. The number of sulfone groups is 1. The van der Waals surface area contributed by atoms with Crippen LogP contribution in [-0.4, -0.2) is 26.1 Å². The van der Waals surface area contributed by atoms with Gasteiger partial charge in [-0.2, -0.15) is 18.4 Å². The van der Waals surface area contributed by atoms with Gasteiger partial charge in [0.2, 0.25) is 0 Å². The molecule has 1 saturated carbocycles. The maximum Gasteiger partial charge on any atom is 0.389 e. The Morgan fingerprint density at radius 2 is 1.83 bits per heavy atom. The third kappa shape index (κ3) is 5.72. The van der Waals surface area contributed by atoms with Gasteiger partial charge in [0.15, 0.2) is 9.84 Å². The van der Waals surface area contributed by atoms with Crippen molar-refractivity contribution in [2.45, 2.75) is 76.3 Å². The molecule has 4 rings (SSSR count). The molecule has 8 heteroatoms. The molecule has 188 valence electrons. The Hall–Kier alpha value is -2.40. The van der Waals surface area contributed by atoms with Crippen molar-refractivity contribution < 1.29 is 21.6 Å². The van der Waals surface area contributed by atoms with Crippen molar-refractivity contribution in [1.82, 2.24) is 0 Å². The maximum absolute atomic E-state index is 13.2. The minimum Gasteiger partial charge on any atom is -0.257 e. The molecule has 3 atom stereocenters. The molecule has 1 aromatic carbocycles. The normalized spacial score (nSPS) is 23.9. The molecule has 1 aromatic rings. The lowest BCUT2D eigenvalue weighted by Gasteiger charge is -2.26. The highest BCUT2D eigenvalue weighted by Crippen LogP contribution is 2.63. The first-order chi connectivity index (χ1) is 16.3. The van der Waals surface area contributed by atoms with Crippen molar-refractivity contribution in [3.05, 3.63) is 47.1 Å². The van der Waals surface area contributed by atoms with Crippen molar-refractivity contribution in [1.29, 1.82) is 5.26 Å². The van der Waals surface area contributed by atoms with Crippen molar-refractivity contribution in [2.75, 3.05) is 5.75 Å². The van der Waals surface area contributed by atoms with Crippen LogP contribution in [0.2, 0.25) is 0 Å². The molecule has 3 unspecified atom stereocenters. The van der Waals surface area contributed by atoms with Crippen LogP contribution < -0.4 is 0 Å². The molecular formula is C27H31F3N2O2S. The number of alkyl halides is 3. The second-order valence-electron chi connectivity index (χ2n) is 10.9. The zero-order valence-corrected chi connectivity index (χ0v) is 21.1. The number of fused-ring (bicyclic) bond motifs is 3. The van der Waals surface area contributed by atoms with Gasteiger partial charge < -0.3 is 0 Å². The highest BCUT2D eigenvalue weighted by molar-refractivity contribution is 7.91. The standard InChI is InChI=1S/C27H31F3N2O2S/c1-26(2,3)25-24-21(6-4-5-13-27(28,29)30)23(24)20-12-11-19(14-22(20)32-25)35(33,34)16-18-9-7-17(15-31)8-10-18/h7,9,11-12,14,21,23-24H,4-6,8,10,13,16H2,1-3H3.